The van der Waals surface area contributed by atoms with E-state index in [1.54, 1.807) is 0 Å². The zero-order chi connectivity index (χ0) is 7.21. The van der Waals surface area contributed by atoms with Gasteiger partial charge in [0.25, 0.3) is 0 Å². The molecule has 0 rings (SSSR count). The van der Waals surface area contributed by atoms with E-state index < -0.39 is 29.5 Å². The van der Waals surface area contributed by atoms with Crippen LogP contribution in [0.2, 0.25) is 0 Å². The molecule has 6 nitrogen and oxygen atoms in total. The van der Waals surface area contributed by atoms with Gasteiger partial charge < -0.3 is 2.85 Å². The molecule has 9 heavy (non-hydrogen) atoms. The van der Waals surface area contributed by atoms with Crippen molar-refractivity contribution in [2.45, 2.75) is 0 Å². The van der Waals surface area contributed by atoms with Crippen LogP contribution in [0.1, 0.15) is 2.85 Å². The van der Waals surface area contributed by atoms with Gasteiger partial charge in [-0.25, -0.2) is 0 Å². The van der Waals surface area contributed by atoms with E-state index >= 15 is 0 Å². The van der Waals surface area contributed by atoms with Crippen molar-refractivity contribution < 1.29 is 46.1 Å². The van der Waals surface area contributed by atoms with Crippen LogP contribution in [0.3, 0.4) is 0 Å². The second-order valence-corrected chi connectivity index (χ2v) is 1.69. The first-order chi connectivity index (χ1) is 3.41. The average Bonchev–Trinajstić information content (AvgIpc) is 1.27. The number of hydrogen-bond donors (Lipinski definition) is 2. The molecule has 2 N–H and O–H groups in total. The van der Waals surface area contributed by atoms with Gasteiger partial charge in [0.2, 0.25) is 0 Å². The molecule has 0 bridgehead atoms. The van der Waals surface area contributed by atoms with Crippen LogP contribution < -0.4 is 0 Å². The molecule has 0 aliphatic rings. The van der Waals surface area contributed by atoms with E-state index in [9.17, 15) is 0 Å². The molecule has 0 heterocycles. The van der Waals surface area contributed by atoms with Gasteiger partial charge in [-0.2, -0.15) is 8.42 Å². The van der Waals surface area contributed by atoms with E-state index in [1.165, 1.54) is 0 Å². The molecule has 0 aliphatic carbocycles. The molecule has 52 valence electrons. The van der Waals surface area contributed by atoms with Crippen LogP contribution in [0.15, 0.2) is 0 Å². The molecular formula is H4BaO6STi. The van der Waals surface area contributed by atoms with Crippen LogP contribution >= 0.6 is 0 Å². The molecule has 0 aromatic carbocycles. The zero-order valence-corrected chi connectivity index (χ0v) is 11.0. The molecular weight excluding hydrogens is 313 g/mol. The molecule has 9 heteroatoms. The minimum atomic E-state index is -4.67. The molecule has 0 unspecified atom stereocenters. The minimum absolute atomic E-state index is 0. The summed E-state index contributed by atoms with van der Waals surface area (Å²) in [6.07, 6.45) is 0. The van der Waals surface area contributed by atoms with Gasteiger partial charge in [-0.1, -0.05) is 0 Å². The predicted octanol–water partition coefficient (Wildman–Crippen LogP) is -1.05. The summed E-state index contributed by atoms with van der Waals surface area (Å²) in [5.41, 5.74) is 0. The fourth-order valence-electron chi connectivity index (χ4n) is 0. The van der Waals surface area contributed by atoms with Gasteiger partial charge in [0.05, 0.1) is 0 Å². The van der Waals surface area contributed by atoms with Crippen LogP contribution in [0.25, 0.3) is 0 Å². The van der Waals surface area contributed by atoms with Crippen molar-refractivity contribution in [1.29, 1.82) is 0 Å². The van der Waals surface area contributed by atoms with Gasteiger partial charge in [0.15, 0.2) is 0 Å². The Labute approximate surface area is 104 Å². The van der Waals surface area contributed by atoms with Crippen molar-refractivity contribution in [1.82, 2.24) is 0 Å². The van der Waals surface area contributed by atoms with E-state index in [0.717, 1.165) is 0 Å². The van der Waals surface area contributed by atoms with Crippen LogP contribution in [-0.4, -0.2) is 66.4 Å². The van der Waals surface area contributed by atoms with Gasteiger partial charge in [0, 0.05) is 0 Å². The van der Waals surface area contributed by atoms with Crippen molar-refractivity contribution in [3.63, 3.8) is 0 Å². The Bertz CT molecular complexity index is 161. The van der Waals surface area contributed by atoms with E-state index in [-0.39, 0.29) is 51.7 Å². The first kappa shape index (κ1) is 17.0. The summed E-state index contributed by atoms with van der Waals surface area (Å²) < 4.78 is 48.6. The van der Waals surface area contributed by atoms with Gasteiger partial charge >= 0.3 is 85.0 Å². The summed E-state index contributed by atoms with van der Waals surface area (Å²) in [5.74, 6) is 0. The Morgan fingerprint density at radius 1 is 1.22 bits per heavy atom. The zero-order valence-electron chi connectivity index (χ0n) is 6.14. The molecule has 0 spiro atoms. The normalized spacial score (nSPS) is 7.33. The van der Waals surface area contributed by atoms with Gasteiger partial charge in [0.1, 0.15) is 0 Å². The fraction of sp³-hybridized carbons (Fsp3) is 0. The Balaban J connectivity index is -0.0000000183. The summed E-state index contributed by atoms with van der Waals surface area (Å²) in [7, 11) is -4.67. The van der Waals surface area contributed by atoms with Crippen molar-refractivity contribution >= 4 is 59.3 Å². The van der Waals surface area contributed by atoms with Crippen molar-refractivity contribution in [3.05, 3.63) is 0 Å². The fourth-order valence-corrected chi connectivity index (χ4v) is 0. The third-order valence-electron chi connectivity index (χ3n) is 0. The molecule has 0 amide bonds. The van der Waals surface area contributed by atoms with Gasteiger partial charge in [-0.3, -0.25) is 9.11 Å². The molecule has 0 radical (unpaired) electrons. The second kappa shape index (κ2) is 9.76. The van der Waals surface area contributed by atoms with E-state index in [0.29, 0.717) is 0 Å². The topological polar surface area (TPSA) is 109 Å². The third kappa shape index (κ3) is 190. The van der Waals surface area contributed by atoms with Crippen LogP contribution in [0.5, 0.6) is 0 Å². The molecule has 0 aromatic heterocycles. The Morgan fingerprint density at radius 2 is 1.22 bits per heavy atom. The van der Waals surface area contributed by atoms with Gasteiger partial charge in [-0.05, 0) is 0 Å². The summed E-state index contributed by atoms with van der Waals surface area (Å²) in [5, 5.41) is 0. The molecule has 0 saturated carbocycles. The monoisotopic (exact) mass is 318 g/mol. The molecule has 0 atom stereocenters. The summed E-state index contributed by atoms with van der Waals surface area (Å²) in [4.78, 5) is 0. The van der Waals surface area contributed by atoms with E-state index in [2.05, 4.69) is 0 Å². The van der Waals surface area contributed by atoms with Crippen molar-refractivity contribution in [2.75, 3.05) is 0 Å². The first-order valence-electron chi connectivity index (χ1n) is 1.11. The Kier molecular flexibility index (Phi) is 18.4. The SMILES string of the molecule is O=S(=O)(O)O.[Ba+2].[H-].[H-].[O]=[Ti]=[O]. The molecule has 0 fully saturated rings. The van der Waals surface area contributed by atoms with E-state index in [1.807, 2.05) is 0 Å². The maximum atomic E-state index is 8.74. The summed E-state index contributed by atoms with van der Waals surface area (Å²) in [6, 6.07) is 0. The van der Waals surface area contributed by atoms with Crippen LogP contribution in [-0.2, 0) is 36.1 Å². The third-order valence-corrected chi connectivity index (χ3v) is 0. The first-order valence-corrected chi connectivity index (χ1v) is 3.78. The number of hydrogen-bond acceptors (Lipinski definition) is 4. The van der Waals surface area contributed by atoms with Crippen LogP contribution in [0, 0.1) is 0 Å². The average molecular weight is 317 g/mol. The number of rotatable bonds is 0. The molecule has 0 aromatic rings. The summed E-state index contributed by atoms with van der Waals surface area (Å²) in [6.45, 7) is 0. The van der Waals surface area contributed by atoms with Crippen LogP contribution in [0.4, 0.5) is 0 Å². The van der Waals surface area contributed by atoms with Crippen molar-refractivity contribution in [3.8, 4) is 0 Å². The quantitative estimate of drug-likeness (QED) is 0.436. The summed E-state index contributed by atoms with van der Waals surface area (Å²) >= 11 is -2.00. The van der Waals surface area contributed by atoms with Gasteiger partial charge in [-0.15, -0.1) is 0 Å². The second-order valence-electron chi connectivity index (χ2n) is 0.531. The predicted molar refractivity (Wildman–Crippen MR) is 23.5 cm³/mol. The van der Waals surface area contributed by atoms with Crippen molar-refractivity contribution in [2.24, 2.45) is 0 Å². The molecule has 0 aliphatic heterocycles. The maximum absolute atomic E-state index is 8.74. The Hall–Kier alpha value is 1.76. The molecule has 0 saturated heterocycles. The van der Waals surface area contributed by atoms with E-state index in [4.69, 9.17) is 24.2 Å². The standard InChI is InChI=1S/Ba.H2O4S.2O.Ti.2H/c;1-5(2,3)4;;;;;/h;(H2,1,2,3,4);;;;;/q+2;;;;;2*-1. The Morgan fingerprint density at radius 3 is 1.22 bits per heavy atom.